The van der Waals surface area contributed by atoms with Crippen LogP contribution in [0.2, 0.25) is 0 Å². The average Bonchev–Trinajstić information content (AvgIpc) is 2.69. The van der Waals surface area contributed by atoms with Crippen LogP contribution in [0.1, 0.15) is 48.5 Å². The summed E-state index contributed by atoms with van der Waals surface area (Å²) in [5.74, 6) is 0.472. The van der Waals surface area contributed by atoms with Gasteiger partial charge in [0.1, 0.15) is 0 Å². The molecule has 1 aromatic rings. The number of carbonyl (C=O) groups excluding carboxylic acids is 2. The van der Waals surface area contributed by atoms with Crippen LogP contribution in [-0.4, -0.2) is 30.4 Å². The molecule has 1 atom stereocenters. The quantitative estimate of drug-likeness (QED) is 0.800. The summed E-state index contributed by atoms with van der Waals surface area (Å²) >= 11 is 0. The van der Waals surface area contributed by atoms with Gasteiger partial charge in [-0.2, -0.15) is 0 Å². The van der Waals surface area contributed by atoms with E-state index in [0.717, 1.165) is 31.4 Å². The predicted octanol–water partition coefficient (Wildman–Crippen LogP) is 3.01. The number of nitrogens with zero attached hydrogens (tertiary/aromatic N) is 1. The largest absolute Gasteiger partial charge is 0.465 e. The number of amides is 1. The molecule has 0 saturated carbocycles. The van der Waals surface area contributed by atoms with Crippen molar-refractivity contribution in [1.82, 2.24) is 4.90 Å². The minimum absolute atomic E-state index is 0.186. The van der Waals surface area contributed by atoms with Crippen LogP contribution in [0.4, 0.5) is 0 Å². The minimum Gasteiger partial charge on any atom is -0.465 e. The van der Waals surface area contributed by atoms with Crippen LogP contribution in [0.15, 0.2) is 24.3 Å². The predicted molar refractivity (Wildman–Crippen MR) is 80.8 cm³/mol. The first kappa shape index (κ1) is 15.5. The van der Waals surface area contributed by atoms with Crippen molar-refractivity contribution in [3.8, 4) is 0 Å². The molecule has 1 fully saturated rings. The fourth-order valence-electron chi connectivity index (χ4n) is 2.84. The van der Waals surface area contributed by atoms with Gasteiger partial charge in [-0.15, -0.1) is 0 Å². The topological polar surface area (TPSA) is 46.6 Å². The first-order valence-corrected chi connectivity index (χ1v) is 7.59. The number of hydrogen-bond acceptors (Lipinski definition) is 3. The van der Waals surface area contributed by atoms with Crippen LogP contribution in [0.25, 0.3) is 0 Å². The van der Waals surface area contributed by atoms with Crippen LogP contribution in [0, 0.1) is 5.92 Å². The molecule has 1 aliphatic rings. The van der Waals surface area contributed by atoms with E-state index in [2.05, 4.69) is 6.92 Å². The minimum atomic E-state index is -0.348. The molecule has 0 radical (unpaired) electrons. The molecule has 0 spiro atoms. The van der Waals surface area contributed by atoms with Gasteiger partial charge in [-0.1, -0.05) is 31.5 Å². The summed E-state index contributed by atoms with van der Waals surface area (Å²) in [6, 6.07) is 7.34. The maximum Gasteiger partial charge on any atom is 0.338 e. The highest BCUT2D eigenvalue weighted by atomic mass is 16.5. The number of carbonyl (C=O) groups is 2. The third-order valence-corrected chi connectivity index (χ3v) is 4.29. The normalized spacial score (nSPS) is 19.2. The summed E-state index contributed by atoms with van der Waals surface area (Å²) in [6.45, 7) is 3.44. The lowest BCUT2D eigenvalue weighted by molar-refractivity contribution is -0.131. The number of rotatable bonds is 4. The van der Waals surface area contributed by atoms with Gasteiger partial charge in [-0.25, -0.2) is 4.79 Å². The van der Waals surface area contributed by atoms with Crippen LogP contribution in [0.5, 0.6) is 0 Å². The molecule has 0 aliphatic carbocycles. The van der Waals surface area contributed by atoms with Crippen LogP contribution in [-0.2, 0) is 16.1 Å². The zero-order chi connectivity index (χ0) is 15.2. The van der Waals surface area contributed by atoms with Crippen molar-refractivity contribution in [1.29, 1.82) is 0 Å². The average molecular weight is 289 g/mol. The van der Waals surface area contributed by atoms with Gasteiger partial charge >= 0.3 is 5.97 Å². The first-order chi connectivity index (χ1) is 10.2. The molecule has 1 heterocycles. The van der Waals surface area contributed by atoms with Crippen LogP contribution in [0.3, 0.4) is 0 Å². The molecule has 21 heavy (non-hydrogen) atoms. The maximum atomic E-state index is 12.2. The van der Waals surface area contributed by atoms with Crippen molar-refractivity contribution in [2.24, 2.45) is 5.92 Å². The Morgan fingerprint density at radius 3 is 2.81 bits per heavy atom. The SMILES string of the molecule is CCC1CCC(=O)N(Cc2ccccc2C(=O)OC)CC1. The Labute approximate surface area is 126 Å². The van der Waals surface area contributed by atoms with E-state index in [1.165, 1.54) is 7.11 Å². The molecule has 1 aliphatic heterocycles. The fraction of sp³-hybridized carbons (Fsp3) is 0.529. The second kappa shape index (κ2) is 7.25. The number of hydrogen-bond donors (Lipinski definition) is 0. The molecule has 1 amide bonds. The lowest BCUT2D eigenvalue weighted by Crippen LogP contribution is -2.30. The third-order valence-electron chi connectivity index (χ3n) is 4.29. The van der Waals surface area contributed by atoms with E-state index in [4.69, 9.17) is 4.74 Å². The molecule has 1 saturated heterocycles. The molecular weight excluding hydrogens is 266 g/mol. The van der Waals surface area contributed by atoms with Gasteiger partial charge in [0.25, 0.3) is 0 Å². The van der Waals surface area contributed by atoms with E-state index < -0.39 is 0 Å². The lowest BCUT2D eigenvalue weighted by atomic mass is 9.98. The standard InChI is InChI=1S/C17H23NO3/c1-3-13-8-9-16(19)18(11-10-13)12-14-6-4-5-7-15(14)17(20)21-2/h4-7,13H,3,8-12H2,1-2H3. The van der Waals surface area contributed by atoms with Gasteiger partial charge in [0.2, 0.25) is 5.91 Å². The summed E-state index contributed by atoms with van der Waals surface area (Å²) in [5, 5.41) is 0. The molecule has 2 rings (SSSR count). The van der Waals surface area contributed by atoms with E-state index in [9.17, 15) is 9.59 Å². The summed E-state index contributed by atoms with van der Waals surface area (Å²) in [5.41, 5.74) is 1.40. The highest BCUT2D eigenvalue weighted by molar-refractivity contribution is 5.91. The summed E-state index contributed by atoms with van der Waals surface area (Å²) < 4.78 is 4.81. The zero-order valence-corrected chi connectivity index (χ0v) is 12.8. The van der Waals surface area contributed by atoms with E-state index in [1.807, 2.05) is 23.1 Å². The Morgan fingerprint density at radius 2 is 2.10 bits per heavy atom. The van der Waals surface area contributed by atoms with Crippen molar-refractivity contribution in [3.63, 3.8) is 0 Å². The Hall–Kier alpha value is -1.84. The van der Waals surface area contributed by atoms with Gasteiger partial charge in [0.05, 0.1) is 12.7 Å². The van der Waals surface area contributed by atoms with Crippen molar-refractivity contribution < 1.29 is 14.3 Å². The number of likely N-dealkylation sites (tertiary alicyclic amines) is 1. The monoisotopic (exact) mass is 289 g/mol. The van der Waals surface area contributed by atoms with Gasteiger partial charge in [0, 0.05) is 19.5 Å². The number of ether oxygens (including phenoxy) is 1. The van der Waals surface area contributed by atoms with Crippen molar-refractivity contribution in [3.05, 3.63) is 35.4 Å². The second-order valence-electron chi connectivity index (χ2n) is 5.57. The molecule has 1 unspecified atom stereocenters. The Morgan fingerprint density at radius 1 is 1.33 bits per heavy atom. The van der Waals surface area contributed by atoms with Crippen LogP contribution >= 0.6 is 0 Å². The Balaban J connectivity index is 2.14. The van der Waals surface area contributed by atoms with Gasteiger partial charge in [0.15, 0.2) is 0 Å². The van der Waals surface area contributed by atoms with Gasteiger partial charge < -0.3 is 9.64 Å². The third kappa shape index (κ3) is 3.84. The molecule has 114 valence electrons. The first-order valence-electron chi connectivity index (χ1n) is 7.59. The van der Waals surface area contributed by atoms with Crippen LogP contribution < -0.4 is 0 Å². The number of methoxy groups -OCH3 is 1. The number of benzene rings is 1. The maximum absolute atomic E-state index is 12.2. The summed E-state index contributed by atoms with van der Waals surface area (Å²) in [4.78, 5) is 25.9. The Kier molecular flexibility index (Phi) is 5.37. The molecule has 1 aromatic carbocycles. The molecule has 4 heteroatoms. The van der Waals surface area contributed by atoms with Crippen molar-refractivity contribution in [2.75, 3.05) is 13.7 Å². The molecule has 0 bridgehead atoms. The van der Waals surface area contributed by atoms with E-state index >= 15 is 0 Å². The van der Waals surface area contributed by atoms with Gasteiger partial charge in [-0.3, -0.25) is 4.79 Å². The number of esters is 1. The highest BCUT2D eigenvalue weighted by Crippen LogP contribution is 2.23. The Bertz CT molecular complexity index is 513. The molecular formula is C17H23NO3. The van der Waals surface area contributed by atoms with E-state index in [-0.39, 0.29) is 11.9 Å². The highest BCUT2D eigenvalue weighted by Gasteiger charge is 2.23. The smallest absolute Gasteiger partial charge is 0.338 e. The second-order valence-corrected chi connectivity index (χ2v) is 5.57. The fourth-order valence-corrected chi connectivity index (χ4v) is 2.84. The summed E-state index contributed by atoms with van der Waals surface area (Å²) in [6.07, 6.45) is 3.76. The summed E-state index contributed by atoms with van der Waals surface area (Å²) in [7, 11) is 1.38. The molecule has 0 aromatic heterocycles. The van der Waals surface area contributed by atoms with E-state index in [0.29, 0.717) is 24.4 Å². The molecule has 4 nitrogen and oxygen atoms in total. The zero-order valence-electron chi connectivity index (χ0n) is 12.8. The lowest BCUT2D eigenvalue weighted by Gasteiger charge is -2.22. The van der Waals surface area contributed by atoms with Crippen molar-refractivity contribution >= 4 is 11.9 Å². The van der Waals surface area contributed by atoms with Crippen molar-refractivity contribution in [2.45, 2.75) is 39.2 Å². The molecule has 0 N–H and O–H groups in total. The van der Waals surface area contributed by atoms with E-state index in [1.54, 1.807) is 6.07 Å². The van der Waals surface area contributed by atoms with Gasteiger partial charge in [-0.05, 0) is 30.4 Å².